The molecule has 0 saturated carbocycles. The lowest BCUT2D eigenvalue weighted by atomic mass is 9.96. The summed E-state index contributed by atoms with van der Waals surface area (Å²) in [6, 6.07) is 39.7. The lowest BCUT2D eigenvalue weighted by Crippen LogP contribution is -2.28. The van der Waals surface area contributed by atoms with E-state index >= 15 is 0 Å². The van der Waals surface area contributed by atoms with Crippen LogP contribution in [0.3, 0.4) is 0 Å². The van der Waals surface area contributed by atoms with Crippen molar-refractivity contribution in [1.29, 1.82) is 0 Å². The Kier molecular flexibility index (Phi) is 14.9. The molecule has 14 nitrogen and oxygen atoms in total. The van der Waals surface area contributed by atoms with Gasteiger partial charge in [-0.2, -0.15) is 0 Å². The van der Waals surface area contributed by atoms with Crippen LogP contribution < -0.4 is 20.3 Å². The van der Waals surface area contributed by atoms with Gasteiger partial charge in [0.2, 0.25) is 0 Å². The number of benzene rings is 6. The summed E-state index contributed by atoms with van der Waals surface area (Å²) in [5, 5.41) is 22.1. The molecule has 14 heteroatoms. The fourth-order valence-electron chi connectivity index (χ4n) is 5.96. The van der Waals surface area contributed by atoms with Crippen LogP contribution in [0.1, 0.15) is 82.3 Å². The highest BCUT2D eigenvalue weighted by molar-refractivity contribution is 6.12. The Balaban J connectivity index is 0.951. The Morgan fingerprint density at radius 3 is 1.51 bits per heavy atom. The number of hydrogen-bond donors (Lipinski definition) is 4. The minimum absolute atomic E-state index is 0.00916. The zero-order chi connectivity index (χ0) is 44.8. The molecule has 4 N–H and O–H groups in total. The predicted molar refractivity (Wildman–Crippen MR) is 232 cm³/mol. The number of amides is 1. The van der Waals surface area contributed by atoms with Crippen LogP contribution in [0.25, 0.3) is 0 Å². The molecule has 1 amide bonds. The number of aromatic carboxylic acids is 2. The van der Waals surface area contributed by atoms with Crippen LogP contribution in [0.15, 0.2) is 146 Å². The minimum Gasteiger partial charge on any atom is -0.493 e. The lowest BCUT2D eigenvalue weighted by molar-refractivity contribution is 0.0463. The number of esters is 2. The average Bonchev–Trinajstić information content (AvgIpc) is 3.29. The maximum Gasteiger partial charge on any atom is 0.338 e. The number of hydrogen-bond acceptors (Lipinski definition) is 11. The molecule has 0 aliphatic rings. The van der Waals surface area contributed by atoms with E-state index in [2.05, 4.69) is 10.8 Å². The number of carbonyl (C=O) groups excluding carboxylic acids is 3. The van der Waals surface area contributed by atoms with Crippen LogP contribution in [0.4, 0.5) is 11.4 Å². The van der Waals surface area contributed by atoms with E-state index in [9.17, 15) is 34.2 Å². The van der Waals surface area contributed by atoms with Gasteiger partial charge in [0.05, 0.1) is 46.7 Å². The first-order chi connectivity index (χ1) is 30.3. The maximum absolute atomic E-state index is 13.2. The van der Waals surface area contributed by atoms with E-state index in [-0.39, 0.29) is 59.8 Å². The normalized spacial score (nSPS) is 10.9. The lowest BCUT2D eigenvalue weighted by Gasteiger charge is -2.25. The number of ether oxygens (including phenoxy) is 4. The molecule has 0 heterocycles. The van der Waals surface area contributed by atoms with E-state index in [1.807, 2.05) is 62.4 Å². The molecular weight excluding hydrogens is 809 g/mol. The Hall–Kier alpha value is -7.97. The van der Waals surface area contributed by atoms with Gasteiger partial charge in [0, 0.05) is 11.1 Å². The van der Waals surface area contributed by atoms with Gasteiger partial charge < -0.3 is 34.5 Å². The summed E-state index contributed by atoms with van der Waals surface area (Å²) in [5.41, 5.74) is 4.94. The van der Waals surface area contributed by atoms with Crippen molar-refractivity contribution in [3.05, 3.63) is 190 Å². The summed E-state index contributed by atoms with van der Waals surface area (Å²) in [7, 11) is 0. The second-order valence-corrected chi connectivity index (χ2v) is 15.0. The Labute approximate surface area is 362 Å². The van der Waals surface area contributed by atoms with Crippen molar-refractivity contribution in [3.63, 3.8) is 0 Å². The van der Waals surface area contributed by atoms with Gasteiger partial charge in [0.1, 0.15) is 31.3 Å². The smallest absolute Gasteiger partial charge is 0.338 e. The number of anilines is 2. The number of nitrogens with one attached hydrogen (secondary N) is 2. The van der Waals surface area contributed by atoms with E-state index in [0.717, 1.165) is 11.1 Å². The van der Waals surface area contributed by atoms with Gasteiger partial charge >= 0.3 is 23.9 Å². The topological polar surface area (TPSA) is 196 Å². The summed E-state index contributed by atoms with van der Waals surface area (Å²) in [6.45, 7) is 4.48. The molecule has 0 radical (unpaired) electrons. The SMILES string of the molecule is CC(C)(COc1ccc(NOCc2cc(C(=O)OCc3ccccc3)ccc2C(=O)O)cc1)COc1ccc(NC(=O)c2cc(C(=O)OCc3ccccc3)ccc2C(=O)O)cc1. The Bertz CT molecular complexity index is 2540. The zero-order valence-corrected chi connectivity index (χ0v) is 34.4. The predicted octanol–water partition coefficient (Wildman–Crippen LogP) is 9.08. The van der Waals surface area contributed by atoms with Gasteiger partial charge in [0.25, 0.3) is 5.91 Å². The molecule has 0 aromatic heterocycles. The van der Waals surface area contributed by atoms with E-state index in [0.29, 0.717) is 29.5 Å². The monoisotopic (exact) mass is 852 g/mol. The average molecular weight is 853 g/mol. The summed E-state index contributed by atoms with van der Waals surface area (Å²) in [4.78, 5) is 68.0. The van der Waals surface area contributed by atoms with Gasteiger partial charge in [-0.1, -0.05) is 74.5 Å². The molecule has 0 aliphatic heterocycles. The second kappa shape index (κ2) is 21.0. The third-order valence-electron chi connectivity index (χ3n) is 9.37. The van der Waals surface area contributed by atoms with Gasteiger partial charge in [-0.15, -0.1) is 0 Å². The molecule has 6 aromatic carbocycles. The molecule has 0 bridgehead atoms. The van der Waals surface area contributed by atoms with E-state index in [4.69, 9.17) is 23.8 Å². The summed E-state index contributed by atoms with van der Waals surface area (Å²) in [6.07, 6.45) is 0. The number of carboxylic acid groups (broad SMARTS) is 2. The molecule has 0 fully saturated rings. The fraction of sp³-hybridized carbons (Fsp3) is 0.163. The number of carboxylic acids is 2. The maximum atomic E-state index is 13.2. The van der Waals surface area contributed by atoms with Crippen molar-refractivity contribution in [2.75, 3.05) is 24.0 Å². The fourth-order valence-corrected chi connectivity index (χ4v) is 5.96. The summed E-state index contributed by atoms with van der Waals surface area (Å²) >= 11 is 0. The standard InChI is InChI=1S/C49H44N2O12/c1-49(2,30-61-39-19-15-37(16-20-39)50-44(52)43-26-35(14-24-42(43)46(55)56)48(58)60-28-33-11-7-4-8-12-33)31-62-40-21-17-38(18-22-40)51-63-29-36-25-34(13-23-41(36)45(53)54)47(57)59-27-32-9-5-3-6-10-32/h3-26,51H,27-31H2,1-2H3,(H,50,52)(H,53,54)(H,55,56). The van der Waals surface area contributed by atoms with Crippen LogP contribution >= 0.6 is 0 Å². The van der Waals surface area contributed by atoms with Crippen molar-refractivity contribution in [3.8, 4) is 11.5 Å². The van der Waals surface area contributed by atoms with Gasteiger partial charge in [-0.25, -0.2) is 19.2 Å². The highest BCUT2D eigenvalue weighted by Gasteiger charge is 2.22. The van der Waals surface area contributed by atoms with Crippen LogP contribution in [-0.4, -0.2) is 53.2 Å². The van der Waals surface area contributed by atoms with Gasteiger partial charge in [-0.3, -0.25) is 15.1 Å². The number of carbonyl (C=O) groups is 5. The van der Waals surface area contributed by atoms with E-state index in [1.54, 1.807) is 60.7 Å². The molecule has 0 spiro atoms. The molecule has 0 atom stereocenters. The second-order valence-electron chi connectivity index (χ2n) is 15.0. The third-order valence-corrected chi connectivity index (χ3v) is 9.37. The van der Waals surface area contributed by atoms with Gasteiger partial charge in [-0.05, 0) is 102 Å². The summed E-state index contributed by atoms with van der Waals surface area (Å²) < 4.78 is 22.8. The first kappa shape index (κ1) is 44.6. The van der Waals surface area contributed by atoms with Crippen molar-refractivity contribution < 1.29 is 58.0 Å². The van der Waals surface area contributed by atoms with Crippen molar-refractivity contribution in [1.82, 2.24) is 0 Å². The van der Waals surface area contributed by atoms with E-state index in [1.165, 1.54) is 36.4 Å². The molecular formula is C49H44N2O12. The first-order valence-corrected chi connectivity index (χ1v) is 19.6. The van der Waals surface area contributed by atoms with Crippen LogP contribution in [0, 0.1) is 5.41 Å². The molecule has 6 rings (SSSR count). The molecule has 0 aliphatic carbocycles. The zero-order valence-electron chi connectivity index (χ0n) is 34.4. The highest BCUT2D eigenvalue weighted by Crippen LogP contribution is 2.25. The first-order valence-electron chi connectivity index (χ1n) is 19.6. The minimum atomic E-state index is -1.32. The van der Waals surface area contributed by atoms with Gasteiger partial charge in [0.15, 0.2) is 0 Å². The van der Waals surface area contributed by atoms with Crippen LogP contribution in [0.5, 0.6) is 11.5 Å². The van der Waals surface area contributed by atoms with Crippen molar-refractivity contribution >= 4 is 41.2 Å². The molecule has 0 saturated heterocycles. The highest BCUT2D eigenvalue weighted by atomic mass is 16.6. The molecule has 63 heavy (non-hydrogen) atoms. The summed E-state index contributed by atoms with van der Waals surface area (Å²) in [5.74, 6) is -3.38. The van der Waals surface area contributed by atoms with E-state index < -0.39 is 35.2 Å². The Morgan fingerprint density at radius 1 is 0.524 bits per heavy atom. The van der Waals surface area contributed by atoms with Crippen LogP contribution in [-0.2, 0) is 34.1 Å². The molecule has 0 unspecified atom stereocenters. The van der Waals surface area contributed by atoms with Crippen molar-refractivity contribution in [2.24, 2.45) is 5.41 Å². The largest absolute Gasteiger partial charge is 0.493 e. The quantitative estimate of drug-likeness (QED) is 0.0420. The van der Waals surface area contributed by atoms with Crippen molar-refractivity contribution in [2.45, 2.75) is 33.7 Å². The van der Waals surface area contributed by atoms with Crippen LogP contribution in [0.2, 0.25) is 0 Å². The third kappa shape index (κ3) is 13.0. The number of rotatable bonds is 20. The molecule has 6 aromatic rings. The molecule has 322 valence electrons. The Morgan fingerprint density at radius 2 is 1.00 bits per heavy atom.